The molecule has 4 nitrogen and oxygen atoms in total. The molecule has 0 fully saturated rings. The Hall–Kier alpha value is -1.59. The van der Waals surface area contributed by atoms with Crippen molar-refractivity contribution in [2.24, 2.45) is 5.73 Å². The topological polar surface area (TPSA) is 68.0 Å². The van der Waals surface area contributed by atoms with Gasteiger partial charge in [-0.25, -0.2) is 4.98 Å². The average molecular weight is 282 g/mol. The number of nitrogens with zero attached hydrogens (tertiary/aromatic N) is 1. The number of rotatable bonds is 4. The molecule has 0 bridgehead atoms. The zero-order valence-corrected chi connectivity index (χ0v) is 11.3. The lowest BCUT2D eigenvalue weighted by atomic mass is 10.2. The van der Waals surface area contributed by atoms with Crippen molar-refractivity contribution in [1.29, 1.82) is 0 Å². The van der Waals surface area contributed by atoms with Crippen LogP contribution in [0.15, 0.2) is 23.7 Å². The van der Waals surface area contributed by atoms with Crippen LogP contribution in [0.25, 0.3) is 0 Å². The molecule has 94 valence electrons. The number of benzene rings is 1. The molecule has 0 saturated heterocycles. The van der Waals surface area contributed by atoms with Gasteiger partial charge in [-0.15, -0.1) is 11.3 Å². The lowest BCUT2D eigenvalue weighted by molar-refractivity contribution is 0.100. The van der Waals surface area contributed by atoms with Crippen LogP contribution in [0, 0.1) is 6.92 Å². The number of amides is 1. The van der Waals surface area contributed by atoms with Gasteiger partial charge in [-0.1, -0.05) is 11.6 Å². The number of aromatic nitrogens is 1. The zero-order valence-electron chi connectivity index (χ0n) is 9.74. The predicted molar refractivity (Wildman–Crippen MR) is 74.1 cm³/mol. The van der Waals surface area contributed by atoms with Gasteiger partial charge in [-0.05, 0) is 25.1 Å². The van der Waals surface area contributed by atoms with Crippen LogP contribution in [0.1, 0.15) is 20.9 Å². The second-order valence-corrected chi connectivity index (χ2v) is 5.12. The minimum Gasteiger partial charge on any atom is -0.380 e. The standard InChI is InChI=1S/C12H12ClN3OS/c1-7-11(18-6-16-7)5-15-8-2-3-10(13)9(4-8)12(14)17/h2-4,6,15H,5H2,1H3,(H2,14,17). The van der Waals surface area contributed by atoms with Gasteiger partial charge in [-0.3, -0.25) is 4.79 Å². The fourth-order valence-corrected chi connectivity index (χ4v) is 2.43. The molecule has 0 atom stereocenters. The summed E-state index contributed by atoms with van der Waals surface area (Å²) in [6.45, 7) is 2.63. The third-order valence-electron chi connectivity index (χ3n) is 2.53. The summed E-state index contributed by atoms with van der Waals surface area (Å²) in [7, 11) is 0. The van der Waals surface area contributed by atoms with E-state index < -0.39 is 5.91 Å². The summed E-state index contributed by atoms with van der Waals surface area (Å²) in [6, 6.07) is 5.12. The number of halogens is 1. The molecule has 18 heavy (non-hydrogen) atoms. The van der Waals surface area contributed by atoms with Crippen molar-refractivity contribution in [1.82, 2.24) is 4.98 Å². The molecule has 0 spiro atoms. The molecular weight excluding hydrogens is 270 g/mol. The van der Waals surface area contributed by atoms with E-state index in [0.717, 1.165) is 16.3 Å². The molecule has 1 heterocycles. The van der Waals surface area contributed by atoms with Crippen molar-refractivity contribution in [2.75, 3.05) is 5.32 Å². The fourth-order valence-electron chi connectivity index (χ4n) is 1.50. The van der Waals surface area contributed by atoms with Crippen molar-refractivity contribution in [2.45, 2.75) is 13.5 Å². The van der Waals surface area contributed by atoms with E-state index in [9.17, 15) is 4.79 Å². The van der Waals surface area contributed by atoms with E-state index in [1.54, 1.807) is 23.5 Å². The Labute approximate surface area is 114 Å². The molecule has 0 radical (unpaired) electrons. The van der Waals surface area contributed by atoms with E-state index in [1.807, 2.05) is 18.5 Å². The second-order valence-electron chi connectivity index (χ2n) is 3.77. The molecule has 0 aliphatic heterocycles. The first-order valence-electron chi connectivity index (χ1n) is 5.30. The number of anilines is 1. The highest BCUT2D eigenvalue weighted by atomic mass is 35.5. The second kappa shape index (κ2) is 5.37. The van der Waals surface area contributed by atoms with Crippen LogP contribution in [0.2, 0.25) is 5.02 Å². The van der Waals surface area contributed by atoms with Gasteiger partial charge in [0.05, 0.1) is 28.3 Å². The Morgan fingerprint density at radius 1 is 1.56 bits per heavy atom. The largest absolute Gasteiger partial charge is 0.380 e. The van der Waals surface area contributed by atoms with Crippen LogP contribution in [-0.2, 0) is 6.54 Å². The molecule has 2 rings (SSSR count). The maximum absolute atomic E-state index is 11.2. The van der Waals surface area contributed by atoms with Crippen molar-refractivity contribution in [3.05, 3.63) is 44.9 Å². The van der Waals surface area contributed by atoms with Gasteiger partial charge < -0.3 is 11.1 Å². The lowest BCUT2D eigenvalue weighted by Gasteiger charge is -2.07. The molecule has 0 unspecified atom stereocenters. The number of carbonyl (C=O) groups is 1. The number of hydrogen-bond donors (Lipinski definition) is 2. The molecule has 0 saturated carbocycles. The summed E-state index contributed by atoms with van der Waals surface area (Å²) >= 11 is 7.47. The van der Waals surface area contributed by atoms with Gasteiger partial charge in [0.15, 0.2) is 0 Å². The quantitative estimate of drug-likeness (QED) is 0.905. The molecule has 6 heteroatoms. The van der Waals surface area contributed by atoms with Crippen LogP contribution >= 0.6 is 22.9 Å². The number of nitrogens with one attached hydrogen (secondary N) is 1. The number of thiazole rings is 1. The molecule has 0 aliphatic rings. The van der Waals surface area contributed by atoms with E-state index in [4.69, 9.17) is 17.3 Å². The van der Waals surface area contributed by atoms with Crippen molar-refractivity contribution < 1.29 is 4.79 Å². The van der Waals surface area contributed by atoms with E-state index in [1.165, 1.54) is 0 Å². The third-order valence-corrected chi connectivity index (χ3v) is 3.79. The Bertz CT molecular complexity index is 582. The van der Waals surface area contributed by atoms with Gasteiger partial charge in [0.2, 0.25) is 5.91 Å². The fraction of sp³-hybridized carbons (Fsp3) is 0.167. The van der Waals surface area contributed by atoms with E-state index in [2.05, 4.69) is 10.3 Å². The van der Waals surface area contributed by atoms with Crippen LogP contribution in [0.4, 0.5) is 5.69 Å². The van der Waals surface area contributed by atoms with Crippen LogP contribution in [-0.4, -0.2) is 10.9 Å². The predicted octanol–water partition coefficient (Wildman–Crippen LogP) is 2.82. The van der Waals surface area contributed by atoms with Crippen molar-refractivity contribution >= 4 is 34.5 Å². The summed E-state index contributed by atoms with van der Waals surface area (Å²) in [6.07, 6.45) is 0. The smallest absolute Gasteiger partial charge is 0.250 e. The highest BCUT2D eigenvalue weighted by Crippen LogP contribution is 2.21. The lowest BCUT2D eigenvalue weighted by Crippen LogP contribution is -2.12. The molecule has 3 N–H and O–H groups in total. The summed E-state index contributed by atoms with van der Waals surface area (Å²) < 4.78 is 0. The molecule has 1 aromatic carbocycles. The van der Waals surface area contributed by atoms with Gasteiger partial charge in [0.1, 0.15) is 0 Å². The molecule has 1 aromatic heterocycles. The van der Waals surface area contributed by atoms with E-state index in [0.29, 0.717) is 17.1 Å². The van der Waals surface area contributed by atoms with Gasteiger partial charge in [0.25, 0.3) is 0 Å². The molecule has 2 aromatic rings. The maximum Gasteiger partial charge on any atom is 0.250 e. The first-order chi connectivity index (χ1) is 8.58. The SMILES string of the molecule is Cc1ncsc1CNc1ccc(Cl)c(C(N)=O)c1. The Balaban J connectivity index is 2.13. The van der Waals surface area contributed by atoms with Crippen LogP contribution in [0.3, 0.4) is 0 Å². The maximum atomic E-state index is 11.2. The third kappa shape index (κ3) is 2.80. The summed E-state index contributed by atoms with van der Waals surface area (Å²) in [5, 5.41) is 3.58. The highest BCUT2D eigenvalue weighted by molar-refractivity contribution is 7.09. The Morgan fingerprint density at radius 3 is 2.94 bits per heavy atom. The first kappa shape index (κ1) is 12.9. The number of aryl methyl sites for hydroxylation is 1. The van der Waals surface area contributed by atoms with Crippen LogP contribution < -0.4 is 11.1 Å². The summed E-state index contributed by atoms with van der Waals surface area (Å²) in [5.41, 5.74) is 9.19. The molecule has 0 aliphatic carbocycles. The number of primary amides is 1. The highest BCUT2D eigenvalue weighted by Gasteiger charge is 2.08. The average Bonchev–Trinajstić information content (AvgIpc) is 2.73. The van der Waals surface area contributed by atoms with Crippen molar-refractivity contribution in [3.8, 4) is 0 Å². The number of carbonyl (C=O) groups excluding carboxylic acids is 1. The number of nitrogens with two attached hydrogens (primary N) is 1. The van der Waals surface area contributed by atoms with Gasteiger partial charge in [-0.2, -0.15) is 0 Å². The minimum absolute atomic E-state index is 0.322. The Morgan fingerprint density at radius 2 is 2.33 bits per heavy atom. The first-order valence-corrected chi connectivity index (χ1v) is 6.56. The van der Waals surface area contributed by atoms with Crippen molar-refractivity contribution in [3.63, 3.8) is 0 Å². The van der Waals surface area contributed by atoms with Gasteiger partial charge in [0, 0.05) is 10.6 Å². The van der Waals surface area contributed by atoms with Gasteiger partial charge >= 0.3 is 0 Å². The minimum atomic E-state index is -0.530. The van der Waals surface area contributed by atoms with Crippen LogP contribution in [0.5, 0.6) is 0 Å². The Kier molecular flexibility index (Phi) is 3.84. The zero-order chi connectivity index (χ0) is 13.1. The summed E-state index contributed by atoms with van der Waals surface area (Å²) in [4.78, 5) is 16.5. The number of hydrogen-bond acceptors (Lipinski definition) is 4. The summed E-state index contributed by atoms with van der Waals surface area (Å²) in [5.74, 6) is -0.530. The van der Waals surface area contributed by atoms with E-state index in [-0.39, 0.29) is 0 Å². The van der Waals surface area contributed by atoms with E-state index >= 15 is 0 Å². The normalized spacial score (nSPS) is 10.3. The monoisotopic (exact) mass is 281 g/mol. The molecular formula is C12H12ClN3OS. The molecule has 1 amide bonds.